The van der Waals surface area contributed by atoms with Gasteiger partial charge in [-0.3, -0.25) is 19.0 Å². The number of aromatic nitrogens is 2. The maximum absolute atomic E-state index is 13.3. The molecule has 0 aliphatic carbocycles. The van der Waals surface area contributed by atoms with E-state index in [0.29, 0.717) is 27.2 Å². The Morgan fingerprint density at radius 2 is 1.88 bits per heavy atom. The Balaban J connectivity index is 1.49. The van der Waals surface area contributed by atoms with Crippen LogP contribution >= 0.6 is 11.3 Å². The van der Waals surface area contributed by atoms with Crippen LogP contribution in [-0.4, -0.2) is 34.4 Å². The van der Waals surface area contributed by atoms with Crippen molar-refractivity contribution >= 4 is 38.9 Å². The lowest BCUT2D eigenvalue weighted by atomic mass is 10.0. The van der Waals surface area contributed by atoms with Crippen LogP contribution in [0.1, 0.15) is 30.2 Å². The van der Waals surface area contributed by atoms with Crippen LogP contribution in [0, 0.1) is 0 Å². The number of ether oxygens (including phenoxy) is 1. The topological polar surface area (TPSA) is 81.5 Å². The van der Waals surface area contributed by atoms with Gasteiger partial charge in [-0.15, -0.1) is 11.3 Å². The average Bonchev–Trinajstić information content (AvgIpc) is 3.28. The number of ketones is 1. The van der Waals surface area contributed by atoms with E-state index >= 15 is 0 Å². The number of Topliss-reactive ketones (excluding diaryl/α,β-unsaturated/α-hetero) is 1. The molecule has 0 saturated heterocycles. The van der Waals surface area contributed by atoms with Gasteiger partial charge < -0.3 is 9.64 Å². The average molecular weight is 460 g/mol. The number of thiophene rings is 1. The predicted octanol–water partition coefficient (Wildman–Crippen LogP) is 4.31. The number of benzene rings is 2. The summed E-state index contributed by atoms with van der Waals surface area (Å²) in [6.07, 6.45) is 0.850. The lowest BCUT2D eigenvalue weighted by Crippen LogP contribution is -2.42. The highest BCUT2D eigenvalue weighted by atomic mass is 32.1. The second-order valence-corrected chi connectivity index (χ2v) is 9.06. The molecule has 1 aliphatic heterocycles. The lowest BCUT2D eigenvalue weighted by Gasteiger charge is -2.30. The highest BCUT2D eigenvalue weighted by Gasteiger charge is 2.30. The van der Waals surface area contributed by atoms with Gasteiger partial charge in [-0.1, -0.05) is 30.3 Å². The van der Waals surface area contributed by atoms with E-state index < -0.39 is 12.1 Å². The van der Waals surface area contributed by atoms with Gasteiger partial charge in [0.2, 0.25) is 0 Å². The molecule has 2 unspecified atom stereocenters. The third kappa shape index (κ3) is 3.52. The minimum atomic E-state index is -0.767. The number of anilines is 1. The number of rotatable bonds is 4. The van der Waals surface area contributed by atoms with Gasteiger partial charge in [0.1, 0.15) is 10.6 Å². The van der Waals surface area contributed by atoms with E-state index in [0.717, 1.165) is 10.4 Å². The van der Waals surface area contributed by atoms with Crippen molar-refractivity contribution < 1.29 is 14.3 Å². The molecule has 4 aromatic rings. The molecule has 0 N–H and O–H groups in total. The fourth-order valence-electron chi connectivity index (χ4n) is 3.99. The van der Waals surface area contributed by atoms with Crippen molar-refractivity contribution in [3.05, 3.63) is 76.8 Å². The first-order valence-electron chi connectivity index (χ1n) is 10.5. The summed E-state index contributed by atoms with van der Waals surface area (Å²) < 4.78 is 6.99. The first-order chi connectivity index (χ1) is 15.8. The highest BCUT2D eigenvalue weighted by molar-refractivity contribution is 7.21. The van der Waals surface area contributed by atoms with Crippen LogP contribution in [0.5, 0.6) is 5.75 Å². The number of hydrogen-bond acceptors (Lipinski definition) is 6. The van der Waals surface area contributed by atoms with Crippen LogP contribution in [0.4, 0.5) is 5.69 Å². The first kappa shape index (κ1) is 21.1. The van der Waals surface area contributed by atoms with Crippen molar-refractivity contribution in [1.82, 2.24) is 9.55 Å². The molecule has 0 fully saturated rings. The number of amides is 1. The minimum Gasteiger partial charge on any atom is -0.479 e. The van der Waals surface area contributed by atoms with Crippen LogP contribution in [0.25, 0.3) is 20.7 Å². The molecule has 33 heavy (non-hydrogen) atoms. The maximum Gasteiger partial charge on any atom is 0.267 e. The van der Waals surface area contributed by atoms with Gasteiger partial charge >= 0.3 is 0 Å². The molecule has 0 saturated carbocycles. The number of nitrogens with zero attached hydrogens (tertiary/aromatic N) is 3. The van der Waals surface area contributed by atoms with E-state index in [1.165, 1.54) is 27.1 Å². The molecule has 166 valence electrons. The quantitative estimate of drug-likeness (QED) is 0.425. The number of carbonyl (C=O) groups is 2. The molecule has 0 spiro atoms. The first-order valence-corrected chi connectivity index (χ1v) is 11.4. The monoisotopic (exact) mass is 459 g/mol. The largest absolute Gasteiger partial charge is 0.479 e. The Bertz CT molecular complexity index is 1460. The summed E-state index contributed by atoms with van der Waals surface area (Å²) in [7, 11) is 1.65. The molecule has 0 radical (unpaired) electrons. The summed E-state index contributed by atoms with van der Waals surface area (Å²) in [4.78, 5) is 46.3. The second-order valence-electron chi connectivity index (χ2n) is 8.03. The van der Waals surface area contributed by atoms with Gasteiger partial charge in [-0.05, 0) is 43.7 Å². The molecule has 2 atom stereocenters. The SMILES string of the molecule is CC1Oc2ccc(C(=O)C(C)n3cnc4sc(-c5ccccc5)cc4c3=O)cc2N(C)C1=O. The van der Waals surface area contributed by atoms with Gasteiger partial charge in [0.15, 0.2) is 11.9 Å². The van der Waals surface area contributed by atoms with E-state index in [2.05, 4.69) is 4.98 Å². The summed E-state index contributed by atoms with van der Waals surface area (Å²) in [5, 5.41) is 0.485. The van der Waals surface area contributed by atoms with E-state index in [4.69, 9.17) is 4.74 Å². The zero-order valence-electron chi connectivity index (χ0n) is 18.3. The third-order valence-corrected chi connectivity index (χ3v) is 7.01. The van der Waals surface area contributed by atoms with Gasteiger partial charge in [0, 0.05) is 17.5 Å². The minimum absolute atomic E-state index is 0.183. The Morgan fingerprint density at radius 3 is 2.64 bits per heavy atom. The Kier molecular flexibility index (Phi) is 5.09. The van der Waals surface area contributed by atoms with Gasteiger partial charge in [0.25, 0.3) is 11.5 Å². The van der Waals surface area contributed by atoms with E-state index in [9.17, 15) is 14.4 Å². The molecule has 5 rings (SSSR count). The van der Waals surface area contributed by atoms with Gasteiger partial charge in [0.05, 0.1) is 23.4 Å². The van der Waals surface area contributed by atoms with E-state index in [-0.39, 0.29) is 17.2 Å². The molecule has 7 nitrogen and oxygen atoms in total. The summed E-state index contributed by atoms with van der Waals surface area (Å²) in [5.41, 5.74) is 1.67. The molecular formula is C25H21N3O4S. The summed E-state index contributed by atoms with van der Waals surface area (Å²) in [5.74, 6) is 0.109. The lowest BCUT2D eigenvalue weighted by molar-refractivity contribution is -0.125. The third-order valence-electron chi connectivity index (χ3n) is 5.92. The zero-order valence-corrected chi connectivity index (χ0v) is 19.1. The van der Waals surface area contributed by atoms with Crippen molar-refractivity contribution in [3.63, 3.8) is 0 Å². The normalized spacial score (nSPS) is 16.4. The zero-order chi connectivity index (χ0) is 23.3. The van der Waals surface area contributed by atoms with E-state index in [1.54, 1.807) is 39.1 Å². The number of carbonyl (C=O) groups excluding carboxylic acids is 2. The fraction of sp³-hybridized carbons (Fsp3) is 0.200. The second kappa shape index (κ2) is 7.97. The van der Waals surface area contributed by atoms with Crippen molar-refractivity contribution in [3.8, 4) is 16.2 Å². The summed E-state index contributed by atoms with van der Waals surface area (Å²) >= 11 is 1.45. The van der Waals surface area contributed by atoms with Crippen LogP contribution < -0.4 is 15.2 Å². The molecular weight excluding hydrogens is 438 g/mol. The van der Waals surface area contributed by atoms with Crippen LogP contribution in [-0.2, 0) is 4.79 Å². The molecule has 1 amide bonds. The van der Waals surface area contributed by atoms with Crippen LogP contribution in [0.2, 0.25) is 0 Å². The molecule has 1 aliphatic rings. The molecule has 0 bridgehead atoms. The summed E-state index contributed by atoms with van der Waals surface area (Å²) in [6, 6.07) is 15.8. The number of fused-ring (bicyclic) bond motifs is 2. The van der Waals surface area contributed by atoms with Gasteiger partial charge in [-0.2, -0.15) is 0 Å². The predicted molar refractivity (Wildman–Crippen MR) is 128 cm³/mol. The smallest absolute Gasteiger partial charge is 0.267 e. The van der Waals surface area contributed by atoms with Crippen molar-refractivity contribution in [1.29, 1.82) is 0 Å². The van der Waals surface area contributed by atoms with Gasteiger partial charge in [-0.25, -0.2) is 4.98 Å². The fourth-order valence-corrected chi connectivity index (χ4v) is 4.98. The molecule has 2 aromatic carbocycles. The van der Waals surface area contributed by atoms with E-state index in [1.807, 2.05) is 36.4 Å². The highest BCUT2D eigenvalue weighted by Crippen LogP contribution is 2.35. The Hall–Kier alpha value is -3.78. The van der Waals surface area contributed by atoms with Crippen molar-refractivity contribution in [2.45, 2.75) is 26.0 Å². The van der Waals surface area contributed by atoms with Crippen molar-refractivity contribution in [2.24, 2.45) is 0 Å². The molecule has 3 heterocycles. The molecule has 2 aromatic heterocycles. The molecule has 8 heteroatoms. The van der Waals surface area contributed by atoms with Crippen molar-refractivity contribution in [2.75, 3.05) is 11.9 Å². The Labute approximate surface area is 193 Å². The van der Waals surface area contributed by atoms with Crippen LogP contribution in [0.15, 0.2) is 65.7 Å². The maximum atomic E-state index is 13.3. The Morgan fingerprint density at radius 1 is 1.12 bits per heavy atom. The van der Waals surface area contributed by atoms with Crippen LogP contribution in [0.3, 0.4) is 0 Å². The summed E-state index contributed by atoms with van der Waals surface area (Å²) in [6.45, 7) is 3.36. The number of hydrogen-bond donors (Lipinski definition) is 0. The number of likely N-dealkylation sites (N-methyl/N-ethyl adjacent to an activating group) is 1. The standard InChI is InChI=1S/C25H21N3O4S/c1-14(22(29)17-9-10-20-19(11-17)27(3)24(30)15(2)32-20)28-13-26-23-18(25(28)31)12-21(33-23)16-7-5-4-6-8-16/h4-15H,1-3H3.